The summed E-state index contributed by atoms with van der Waals surface area (Å²) < 4.78 is 10.9. The molecule has 2 aromatic rings. The number of ether oxygens (including phenoxy) is 2. The zero-order valence-electron chi connectivity index (χ0n) is 11.3. The smallest absolute Gasteiger partial charge is 0.330 e. The van der Waals surface area contributed by atoms with Crippen LogP contribution in [0.1, 0.15) is 19.0 Å². The van der Waals surface area contributed by atoms with Crippen LogP contribution in [0.25, 0.3) is 0 Å². The Bertz CT molecular complexity index is 578. The Balaban J connectivity index is 2.24. The molecule has 0 bridgehead atoms. The molecule has 0 aromatic carbocycles. The summed E-state index contributed by atoms with van der Waals surface area (Å²) in [5, 5.41) is 0. The van der Waals surface area contributed by atoms with Gasteiger partial charge in [0.2, 0.25) is 5.95 Å². The lowest BCUT2D eigenvalue weighted by Crippen LogP contribution is -2.13. The molecule has 2 heterocycles. The normalized spacial score (nSPS) is 10.2. The van der Waals surface area contributed by atoms with Crippen LogP contribution in [0, 0.1) is 6.92 Å². The van der Waals surface area contributed by atoms with Crippen molar-refractivity contribution in [2.24, 2.45) is 5.84 Å². The van der Waals surface area contributed by atoms with Crippen molar-refractivity contribution >= 4 is 5.95 Å². The number of hydrogen-bond acceptors (Lipinski definition) is 8. The molecule has 0 saturated carbocycles. The lowest BCUT2D eigenvalue weighted by atomic mass is 10.3. The fourth-order valence-corrected chi connectivity index (χ4v) is 1.38. The Kier molecular flexibility index (Phi) is 4.61. The Hall–Kier alpha value is -2.48. The highest BCUT2D eigenvalue weighted by molar-refractivity contribution is 5.31. The fraction of sp³-hybridized carbons (Fsp3) is 0.333. The average molecular weight is 276 g/mol. The van der Waals surface area contributed by atoms with Gasteiger partial charge in [-0.05, 0) is 25.5 Å². The summed E-state index contributed by atoms with van der Waals surface area (Å²) in [7, 11) is 0. The molecule has 0 atom stereocenters. The van der Waals surface area contributed by atoms with E-state index in [0.717, 1.165) is 12.1 Å². The number of anilines is 1. The van der Waals surface area contributed by atoms with E-state index < -0.39 is 0 Å². The van der Waals surface area contributed by atoms with Gasteiger partial charge in [-0.3, -0.25) is 10.4 Å². The molecule has 0 saturated heterocycles. The largest absolute Gasteiger partial charge is 0.463 e. The number of aryl methyl sites for hydroxylation is 1. The number of hydrogen-bond donors (Lipinski definition) is 2. The molecule has 8 heteroatoms. The summed E-state index contributed by atoms with van der Waals surface area (Å²) in [6, 6.07) is 3.79. The molecule has 3 N–H and O–H groups in total. The number of aromatic nitrogens is 4. The van der Waals surface area contributed by atoms with E-state index in [9.17, 15) is 0 Å². The van der Waals surface area contributed by atoms with Crippen molar-refractivity contribution < 1.29 is 9.47 Å². The fourth-order valence-electron chi connectivity index (χ4n) is 1.38. The lowest BCUT2D eigenvalue weighted by Gasteiger charge is -2.09. The van der Waals surface area contributed by atoms with Gasteiger partial charge in [0.1, 0.15) is 0 Å². The highest BCUT2D eigenvalue weighted by Crippen LogP contribution is 2.22. The van der Waals surface area contributed by atoms with Crippen molar-refractivity contribution in [3.05, 3.63) is 24.0 Å². The topological polar surface area (TPSA) is 108 Å². The molecule has 0 unspecified atom stereocenters. The van der Waals surface area contributed by atoms with Gasteiger partial charge in [-0.25, -0.2) is 5.84 Å². The molecular formula is C12H16N6O2. The Labute approximate surface area is 116 Å². The maximum Gasteiger partial charge on any atom is 0.330 e. The maximum atomic E-state index is 5.57. The van der Waals surface area contributed by atoms with E-state index in [1.54, 1.807) is 18.3 Å². The second-order valence-corrected chi connectivity index (χ2v) is 3.91. The first-order chi connectivity index (χ1) is 9.72. The van der Waals surface area contributed by atoms with Crippen molar-refractivity contribution in [3.8, 4) is 17.8 Å². The van der Waals surface area contributed by atoms with E-state index in [2.05, 4.69) is 25.4 Å². The molecule has 2 rings (SSSR count). The van der Waals surface area contributed by atoms with Crippen LogP contribution in [0.2, 0.25) is 0 Å². The van der Waals surface area contributed by atoms with E-state index in [-0.39, 0.29) is 18.0 Å². The molecule has 0 radical (unpaired) electrons. The van der Waals surface area contributed by atoms with Gasteiger partial charge in [0.05, 0.1) is 12.3 Å². The van der Waals surface area contributed by atoms with Crippen LogP contribution in [-0.2, 0) is 0 Å². The Morgan fingerprint density at radius 3 is 2.75 bits per heavy atom. The number of nitrogens with zero attached hydrogens (tertiary/aromatic N) is 4. The minimum atomic E-state index is 0.0927. The molecule has 20 heavy (non-hydrogen) atoms. The number of pyridine rings is 1. The molecule has 2 aromatic heterocycles. The predicted molar refractivity (Wildman–Crippen MR) is 72.5 cm³/mol. The molecule has 0 spiro atoms. The van der Waals surface area contributed by atoms with Crippen molar-refractivity contribution in [2.75, 3.05) is 12.0 Å². The second-order valence-electron chi connectivity index (χ2n) is 3.91. The minimum Gasteiger partial charge on any atom is -0.463 e. The van der Waals surface area contributed by atoms with Crippen LogP contribution in [0.4, 0.5) is 5.95 Å². The molecule has 8 nitrogen and oxygen atoms in total. The average Bonchev–Trinajstić information content (AvgIpc) is 2.47. The number of rotatable bonds is 6. The number of nitrogens with two attached hydrogens (primary N) is 1. The first-order valence-electron chi connectivity index (χ1n) is 6.18. The second kappa shape index (κ2) is 6.62. The summed E-state index contributed by atoms with van der Waals surface area (Å²) in [6.45, 7) is 4.31. The Morgan fingerprint density at radius 2 is 2.05 bits per heavy atom. The van der Waals surface area contributed by atoms with E-state index in [0.29, 0.717) is 12.4 Å². The molecule has 0 fully saturated rings. The summed E-state index contributed by atoms with van der Waals surface area (Å²) in [6.07, 6.45) is 2.52. The molecule has 106 valence electrons. The summed E-state index contributed by atoms with van der Waals surface area (Å²) in [4.78, 5) is 16.2. The molecule has 0 aliphatic heterocycles. The number of hydrazine groups is 1. The monoisotopic (exact) mass is 276 g/mol. The van der Waals surface area contributed by atoms with Gasteiger partial charge in [0, 0.05) is 6.20 Å². The predicted octanol–water partition coefficient (Wildman–Crippen LogP) is 1.44. The van der Waals surface area contributed by atoms with Crippen molar-refractivity contribution in [1.29, 1.82) is 0 Å². The summed E-state index contributed by atoms with van der Waals surface area (Å²) in [5.41, 5.74) is 3.07. The summed E-state index contributed by atoms with van der Waals surface area (Å²) >= 11 is 0. The zero-order valence-corrected chi connectivity index (χ0v) is 11.3. The van der Waals surface area contributed by atoms with Crippen LogP contribution in [0.5, 0.6) is 17.8 Å². The van der Waals surface area contributed by atoms with Gasteiger partial charge in [-0.2, -0.15) is 9.97 Å². The lowest BCUT2D eigenvalue weighted by molar-refractivity contribution is 0.285. The summed E-state index contributed by atoms with van der Waals surface area (Å²) in [5.74, 6) is 6.04. The third-order valence-electron chi connectivity index (χ3n) is 2.32. The Morgan fingerprint density at radius 1 is 1.25 bits per heavy atom. The SMILES string of the molecule is CCCOc1nc(NN)nc(Oc2cccnc2C)n1. The van der Waals surface area contributed by atoms with Crippen LogP contribution in [-0.4, -0.2) is 26.5 Å². The standard InChI is InChI=1S/C12H16N6O2/c1-3-7-19-11-15-10(18-13)16-12(17-11)20-9-5-4-6-14-8(9)2/h4-6H,3,7,13H2,1-2H3,(H,15,16,17,18). The van der Waals surface area contributed by atoms with Gasteiger partial charge in [-0.1, -0.05) is 6.92 Å². The third-order valence-corrected chi connectivity index (χ3v) is 2.32. The van der Waals surface area contributed by atoms with E-state index in [1.165, 1.54) is 0 Å². The van der Waals surface area contributed by atoms with Crippen molar-refractivity contribution in [2.45, 2.75) is 20.3 Å². The zero-order chi connectivity index (χ0) is 14.4. The van der Waals surface area contributed by atoms with Gasteiger partial charge < -0.3 is 9.47 Å². The molecule has 0 aliphatic carbocycles. The van der Waals surface area contributed by atoms with Gasteiger partial charge in [0.15, 0.2) is 5.75 Å². The first kappa shape index (κ1) is 13.9. The van der Waals surface area contributed by atoms with Crippen molar-refractivity contribution in [3.63, 3.8) is 0 Å². The van der Waals surface area contributed by atoms with E-state index >= 15 is 0 Å². The highest BCUT2D eigenvalue weighted by Gasteiger charge is 2.10. The molecule has 0 aliphatic rings. The number of nitrogens with one attached hydrogen (secondary N) is 1. The maximum absolute atomic E-state index is 5.57. The molecule has 0 amide bonds. The highest BCUT2D eigenvalue weighted by atomic mass is 16.5. The van der Waals surface area contributed by atoms with E-state index in [1.807, 2.05) is 13.8 Å². The van der Waals surface area contributed by atoms with Gasteiger partial charge in [-0.15, -0.1) is 4.98 Å². The number of nitrogen functional groups attached to an aromatic ring is 1. The van der Waals surface area contributed by atoms with E-state index in [4.69, 9.17) is 15.3 Å². The van der Waals surface area contributed by atoms with Gasteiger partial charge >= 0.3 is 12.0 Å². The minimum absolute atomic E-state index is 0.0927. The van der Waals surface area contributed by atoms with Crippen LogP contribution in [0.15, 0.2) is 18.3 Å². The van der Waals surface area contributed by atoms with Crippen LogP contribution < -0.4 is 20.7 Å². The van der Waals surface area contributed by atoms with Crippen molar-refractivity contribution in [1.82, 2.24) is 19.9 Å². The van der Waals surface area contributed by atoms with Crippen LogP contribution >= 0.6 is 0 Å². The third kappa shape index (κ3) is 3.51. The van der Waals surface area contributed by atoms with Crippen LogP contribution in [0.3, 0.4) is 0 Å². The molecular weight excluding hydrogens is 260 g/mol. The van der Waals surface area contributed by atoms with Gasteiger partial charge in [0.25, 0.3) is 0 Å². The first-order valence-corrected chi connectivity index (χ1v) is 6.18. The quantitative estimate of drug-likeness (QED) is 0.602.